The zero-order chi connectivity index (χ0) is 17.2. The third-order valence-corrected chi connectivity index (χ3v) is 3.60. The van der Waals surface area contributed by atoms with Gasteiger partial charge in [0.05, 0.1) is 13.2 Å². The van der Waals surface area contributed by atoms with Gasteiger partial charge in [0.25, 0.3) is 0 Å². The Morgan fingerprint density at radius 2 is 1.96 bits per heavy atom. The van der Waals surface area contributed by atoms with Gasteiger partial charge in [0.15, 0.2) is 5.96 Å². The van der Waals surface area contributed by atoms with Crippen molar-refractivity contribution in [2.75, 3.05) is 6.54 Å². The van der Waals surface area contributed by atoms with Crippen LogP contribution >= 0.6 is 24.0 Å². The SMILES string of the molecule is CCNC(=NCc1ccc(F)c(CO)c1)NC(C)CCC(C)C.I. The molecule has 0 spiro atoms. The fourth-order valence-corrected chi connectivity index (χ4v) is 2.23. The zero-order valence-electron chi connectivity index (χ0n) is 15.1. The Balaban J connectivity index is 0.00000529. The van der Waals surface area contributed by atoms with Crippen LogP contribution in [-0.2, 0) is 13.2 Å². The highest BCUT2D eigenvalue weighted by Crippen LogP contribution is 2.11. The summed E-state index contributed by atoms with van der Waals surface area (Å²) in [6.07, 6.45) is 2.26. The molecule has 0 aliphatic rings. The first-order valence-electron chi connectivity index (χ1n) is 8.39. The van der Waals surface area contributed by atoms with Crippen molar-refractivity contribution in [3.63, 3.8) is 0 Å². The number of nitrogens with zero attached hydrogens (tertiary/aromatic N) is 1. The van der Waals surface area contributed by atoms with Crippen molar-refractivity contribution in [1.29, 1.82) is 0 Å². The minimum Gasteiger partial charge on any atom is -0.392 e. The largest absolute Gasteiger partial charge is 0.392 e. The van der Waals surface area contributed by atoms with Crippen LogP contribution in [0.1, 0.15) is 51.7 Å². The number of hydrogen-bond acceptors (Lipinski definition) is 2. The second-order valence-corrected chi connectivity index (χ2v) is 6.30. The molecule has 0 amide bonds. The summed E-state index contributed by atoms with van der Waals surface area (Å²) in [5, 5.41) is 15.8. The van der Waals surface area contributed by atoms with Crippen LogP contribution in [0.15, 0.2) is 23.2 Å². The van der Waals surface area contributed by atoms with Crippen molar-refractivity contribution < 1.29 is 9.50 Å². The average molecular weight is 451 g/mol. The lowest BCUT2D eigenvalue weighted by Crippen LogP contribution is -2.42. The van der Waals surface area contributed by atoms with Crippen LogP contribution in [0.25, 0.3) is 0 Å². The van der Waals surface area contributed by atoms with Crippen molar-refractivity contribution in [1.82, 2.24) is 10.6 Å². The maximum absolute atomic E-state index is 13.4. The molecule has 1 rings (SSSR count). The fraction of sp³-hybridized carbons (Fsp3) is 0.611. The lowest BCUT2D eigenvalue weighted by molar-refractivity contribution is 0.275. The molecule has 0 bridgehead atoms. The van der Waals surface area contributed by atoms with Crippen molar-refractivity contribution in [3.05, 3.63) is 35.1 Å². The van der Waals surface area contributed by atoms with Gasteiger partial charge in [0.2, 0.25) is 0 Å². The second kappa shape index (κ2) is 12.5. The molecular formula is C18H31FIN3O. The number of aliphatic hydroxyl groups excluding tert-OH is 1. The number of aliphatic imine (C=N–C) groups is 1. The highest BCUT2D eigenvalue weighted by Gasteiger charge is 2.07. The molecule has 24 heavy (non-hydrogen) atoms. The van der Waals surface area contributed by atoms with E-state index in [0.717, 1.165) is 24.5 Å². The first-order chi connectivity index (χ1) is 11.0. The van der Waals surface area contributed by atoms with Crippen LogP contribution < -0.4 is 10.6 Å². The standard InChI is InChI=1S/C18H30FN3O.HI/c1-5-20-18(22-14(4)7-6-13(2)3)21-11-15-8-9-17(19)16(10-15)12-23;/h8-10,13-14,23H,5-7,11-12H2,1-4H3,(H2,20,21,22);1H. The van der Waals surface area contributed by atoms with E-state index >= 15 is 0 Å². The molecule has 0 radical (unpaired) electrons. The normalized spacial score (nSPS) is 12.7. The summed E-state index contributed by atoms with van der Waals surface area (Å²) in [4.78, 5) is 4.55. The molecule has 1 aromatic carbocycles. The summed E-state index contributed by atoms with van der Waals surface area (Å²) in [6.45, 7) is 9.55. The summed E-state index contributed by atoms with van der Waals surface area (Å²) < 4.78 is 13.4. The van der Waals surface area contributed by atoms with Crippen LogP contribution in [0.3, 0.4) is 0 Å². The molecule has 0 heterocycles. The van der Waals surface area contributed by atoms with Gasteiger partial charge in [0.1, 0.15) is 5.82 Å². The molecule has 138 valence electrons. The molecule has 0 aromatic heterocycles. The molecule has 0 aliphatic carbocycles. The molecule has 0 fully saturated rings. The van der Waals surface area contributed by atoms with Gasteiger partial charge in [-0.1, -0.05) is 19.9 Å². The summed E-state index contributed by atoms with van der Waals surface area (Å²) in [6, 6.07) is 5.08. The summed E-state index contributed by atoms with van der Waals surface area (Å²) >= 11 is 0. The van der Waals surface area contributed by atoms with Gasteiger partial charge < -0.3 is 15.7 Å². The minimum atomic E-state index is -0.382. The number of aliphatic hydroxyl groups is 1. The van der Waals surface area contributed by atoms with Crippen LogP contribution in [0.4, 0.5) is 4.39 Å². The number of nitrogens with one attached hydrogen (secondary N) is 2. The Bertz CT molecular complexity index is 509. The molecule has 1 atom stereocenters. The number of rotatable bonds is 8. The Kier molecular flexibility index (Phi) is 12.0. The Labute approximate surface area is 162 Å². The van der Waals surface area contributed by atoms with E-state index in [9.17, 15) is 4.39 Å². The van der Waals surface area contributed by atoms with E-state index in [4.69, 9.17) is 5.11 Å². The molecule has 0 aliphatic heterocycles. The van der Waals surface area contributed by atoms with Crippen LogP contribution in [0.5, 0.6) is 0 Å². The van der Waals surface area contributed by atoms with Crippen molar-refractivity contribution >= 4 is 29.9 Å². The van der Waals surface area contributed by atoms with Gasteiger partial charge in [-0.3, -0.25) is 0 Å². The van der Waals surface area contributed by atoms with Gasteiger partial charge in [-0.15, -0.1) is 24.0 Å². The van der Waals surface area contributed by atoms with E-state index in [1.165, 1.54) is 12.5 Å². The first kappa shape index (κ1) is 23.1. The Hall–Kier alpha value is -0.890. The molecule has 1 unspecified atom stereocenters. The average Bonchev–Trinajstić information content (AvgIpc) is 2.52. The Morgan fingerprint density at radius 3 is 2.54 bits per heavy atom. The molecule has 3 N–H and O–H groups in total. The van der Waals surface area contributed by atoms with Crippen LogP contribution in [-0.4, -0.2) is 23.7 Å². The van der Waals surface area contributed by atoms with E-state index in [-0.39, 0.29) is 36.4 Å². The second-order valence-electron chi connectivity index (χ2n) is 6.30. The summed E-state index contributed by atoms with van der Waals surface area (Å²) in [7, 11) is 0. The van der Waals surface area contributed by atoms with Crippen molar-refractivity contribution in [3.8, 4) is 0 Å². The fourth-order valence-electron chi connectivity index (χ4n) is 2.23. The first-order valence-corrected chi connectivity index (χ1v) is 8.39. The van der Waals surface area contributed by atoms with Crippen molar-refractivity contribution in [2.45, 2.75) is 59.7 Å². The van der Waals surface area contributed by atoms with Gasteiger partial charge >= 0.3 is 0 Å². The maximum Gasteiger partial charge on any atom is 0.191 e. The molecule has 1 aromatic rings. The minimum absolute atomic E-state index is 0. The smallest absolute Gasteiger partial charge is 0.191 e. The highest BCUT2D eigenvalue weighted by atomic mass is 127. The predicted molar refractivity (Wildman–Crippen MR) is 109 cm³/mol. The lowest BCUT2D eigenvalue weighted by atomic mass is 10.0. The molecule has 6 heteroatoms. The third-order valence-electron chi connectivity index (χ3n) is 3.60. The number of benzene rings is 1. The maximum atomic E-state index is 13.4. The Morgan fingerprint density at radius 1 is 1.25 bits per heavy atom. The van der Waals surface area contributed by atoms with Crippen LogP contribution in [0, 0.1) is 11.7 Å². The monoisotopic (exact) mass is 451 g/mol. The quantitative estimate of drug-likeness (QED) is 0.320. The molecule has 4 nitrogen and oxygen atoms in total. The molecule has 0 saturated carbocycles. The lowest BCUT2D eigenvalue weighted by Gasteiger charge is -2.18. The topological polar surface area (TPSA) is 56.7 Å². The predicted octanol–water partition coefficient (Wildman–Crippen LogP) is 3.82. The van der Waals surface area contributed by atoms with Gasteiger partial charge in [-0.05, 0) is 50.3 Å². The zero-order valence-corrected chi connectivity index (χ0v) is 17.4. The number of hydrogen-bond donors (Lipinski definition) is 3. The van der Waals surface area contributed by atoms with Gasteiger partial charge in [0, 0.05) is 18.2 Å². The third kappa shape index (κ3) is 8.82. The van der Waals surface area contributed by atoms with E-state index < -0.39 is 0 Å². The van der Waals surface area contributed by atoms with E-state index in [2.05, 4.69) is 36.4 Å². The molecular weight excluding hydrogens is 420 g/mol. The van der Waals surface area contributed by atoms with Gasteiger partial charge in [-0.25, -0.2) is 9.38 Å². The van der Waals surface area contributed by atoms with Crippen LogP contribution in [0.2, 0.25) is 0 Å². The number of halogens is 2. The molecule has 0 saturated heterocycles. The summed E-state index contributed by atoms with van der Waals surface area (Å²) in [5.74, 6) is 1.07. The summed E-state index contributed by atoms with van der Waals surface area (Å²) in [5.41, 5.74) is 1.18. The van der Waals surface area contributed by atoms with Gasteiger partial charge in [-0.2, -0.15) is 0 Å². The highest BCUT2D eigenvalue weighted by molar-refractivity contribution is 14.0. The van der Waals surface area contributed by atoms with Crippen molar-refractivity contribution in [2.24, 2.45) is 10.9 Å². The van der Waals surface area contributed by atoms with E-state index in [1.54, 1.807) is 12.1 Å². The number of guanidine groups is 1. The van der Waals surface area contributed by atoms with E-state index in [1.807, 2.05) is 6.92 Å². The van der Waals surface area contributed by atoms with E-state index in [0.29, 0.717) is 24.1 Å².